The topological polar surface area (TPSA) is 74.0 Å². The molecular formula is C20H25N5O2. The lowest BCUT2D eigenvalue weighted by atomic mass is 10.1. The number of methoxy groups -OCH3 is 1. The van der Waals surface area contributed by atoms with E-state index in [1.165, 1.54) is 0 Å². The fourth-order valence-electron chi connectivity index (χ4n) is 2.91. The number of hydrogen-bond donors (Lipinski definition) is 1. The van der Waals surface area contributed by atoms with Crippen molar-refractivity contribution in [2.45, 2.75) is 33.0 Å². The van der Waals surface area contributed by atoms with Crippen LogP contribution in [-0.2, 0) is 17.8 Å². The van der Waals surface area contributed by atoms with E-state index >= 15 is 0 Å². The molecule has 0 aliphatic carbocycles. The zero-order chi connectivity index (χ0) is 19.2. The molecule has 0 bridgehead atoms. The zero-order valence-corrected chi connectivity index (χ0v) is 15.9. The third kappa shape index (κ3) is 4.43. The molecule has 0 unspecified atom stereocenters. The van der Waals surface area contributed by atoms with Crippen LogP contribution in [0.5, 0.6) is 0 Å². The van der Waals surface area contributed by atoms with E-state index in [-0.39, 0.29) is 5.91 Å². The summed E-state index contributed by atoms with van der Waals surface area (Å²) in [5.74, 6) is 0.733. The Hall–Kier alpha value is -2.93. The van der Waals surface area contributed by atoms with Crippen LogP contribution in [0.15, 0.2) is 49.2 Å². The summed E-state index contributed by atoms with van der Waals surface area (Å²) in [7, 11) is 1.66. The fraction of sp³-hybridized carbons (Fsp3) is 0.350. The number of amides is 1. The van der Waals surface area contributed by atoms with Crippen molar-refractivity contribution in [1.82, 2.24) is 24.4 Å². The number of imidazole rings is 2. The minimum atomic E-state index is -0.126. The first-order valence-electron chi connectivity index (χ1n) is 8.99. The summed E-state index contributed by atoms with van der Waals surface area (Å²) in [6, 6.07) is 7.83. The highest BCUT2D eigenvalue weighted by atomic mass is 16.5. The van der Waals surface area contributed by atoms with Gasteiger partial charge in [-0.05, 0) is 26.0 Å². The van der Waals surface area contributed by atoms with Gasteiger partial charge in [-0.25, -0.2) is 9.97 Å². The summed E-state index contributed by atoms with van der Waals surface area (Å²) in [4.78, 5) is 21.2. The van der Waals surface area contributed by atoms with Crippen molar-refractivity contribution >= 4 is 5.91 Å². The van der Waals surface area contributed by atoms with Gasteiger partial charge in [0.05, 0.1) is 25.2 Å². The first kappa shape index (κ1) is 18.8. The molecule has 27 heavy (non-hydrogen) atoms. The Morgan fingerprint density at radius 1 is 1.33 bits per heavy atom. The lowest BCUT2D eigenvalue weighted by molar-refractivity contribution is 0.0950. The van der Waals surface area contributed by atoms with Crippen molar-refractivity contribution in [2.24, 2.45) is 0 Å². The average Bonchev–Trinajstić information content (AvgIpc) is 3.33. The Balaban J connectivity index is 1.71. The van der Waals surface area contributed by atoms with E-state index in [0.29, 0.717) is 31.3 Å². The Labute approximate surface area is 159 Å². The molecule has 7 heteroatoms. The predicted molar refractivity (Wildman–Crippen MR) is 103 cm³/mol. The maximum atomic E-state index is 12.6. The normalized spacial score (nSPS) is 11.1. The molecule has 0 fully saturated rings. The van der Waals surface area contributed by atoms with Crippen LogP contribution in [0.4, 0.5) is 0 Å². The number of carbonyl (C=O) groups excluding carboxylic acids is 1. The highest BCUT2D eigenvalue weighted by Crippen LogP contribution is 2.22. The molecule has 3 rings (SSSR count). The third-order valence-electron chi connectivity index (χ3n) is 4.37. The minimum absolute atomic E-state index is 0.126. The SMILES string of the molecule is COCCn1cncc1CNC(=O)c1cccc(-c2nccn2C(C)C)c1. The first-order chi connectivity index (χ1) is 13.1. The van der Waals surface area contributed by atoms with Gasteiger partial charge < -0.3 is 19.2 Å². The van der Waals surface area contributed by atoms with Crippen molar-refractivity contribution in [1.29, 1.82) is 0 Å². The van der Waals surface area contributed by atoms with Crippen LogP contribution in [0, 0.1) is 0 Å². The molecule has 1 amide bonds. The number of rotatable bonds is 8. The van der Waals surface area contributed by atoms with Crippen LogP contribution < -0.4 is 5.32 Å². The van der Waals surface area contributed by atoms with Crippen molar-refractivity contribution < 1.29 is 9.53 Å². The molecule has 0 saturated carbocycles. The maximum absolute atomic E-state index is 12.6. The zero-order valence-electron chi connectivity index (χ0n) is 15.9. The van der Waals surface area contributed by atoms with Gasteiger partial charge in [-0.15, -0.1) is 0 Å². The number of aromatic nitrogens is 4. The lowest BCUT2D eigenvalue weighted by Crippen LogP contribution is -2.24. The number of hydrogen-bond acceptors (Lipinski definition) is 4. The van der Waals surface area contributed by atoms with Gasteiger partial charge in [-0.2, -0.15) is 0 Å². The molecule has 3 aromatic rings. The predicted octanol–water partition coefficient (Wildman–Crippen LogP) is 2.90. The smallest absolute Gasteiger partial charge is 0.251 e. The van der Waals surface area contributed by atoms with E-state index in [2.05, 4.69) is 33.7 Å². The van der Waals surface area contributed by atoms with Crippen LogP contribution >= 0.6 is 0 Å². The molecular weight excluding hydrogens is 342 g/mol. The average molecular weight is 367 g/mol. The van der Waals surface area contributed by atoms with Crippen molar-refractivity contribution in [3.8, 4) is 11.4 Å². The Bertz CT molecular complexity index is 897. The molecule has 7 nitrogen and oxygen atoms in total. The summed E-state index contributed by atoms with van der Waals surface area (Å²) < 4.78 is 9.16. The third-order valence-corrected chi connectivity index (χ3v) is 4.37. The van der Waals surface area contributed by atoms with Gasteiger partial charge in [-0.1, -0.05) is 12.1 Å². The van der Waals surface area contributed by atoms with Gasteiger partial charge in [-0.3, -0.25) is 4.79 Å². The molecule has 0 atom stereocenters. The van der Waals surface area contributed by atoms with Gasteiger partial charge in [0, 0.05) is 49.4 Å². The van der Waals surface area contributed by atoms with Gasteiger partial charge in [0.15, 0.2) is 0 Å². The first-order valence-corrected chi connectivity index (χ1v) is 8.99. The quantitative estimate of drug-likeness (QED) is 0.664. The highest BCUT2D eigenvalue weighted by Gasteiger charge is 2.12. The Morgan fingerprint density at radius 3 is 2.96 bits per heavy atom. The second kappa shape index (κ2) is 8.64. The molecule has 142 valence electrons. The summed E-state index contributed by atoms with van der Waals surface area (Å²) in [6.45, 7) is 5.92. The number of nitrogens with one attached hydrogen (secondary N) is 1. The van der Waals surface area contributed by atoms with Crippen LogP contribution in [0.2, 0.25) is 0 Å². The van der Waals surface area contributed by atoms with Crippen LogP contribution in [0.1, 0.15) is 35.9 Å². The molecule has 0 saturated heterocycles. The summed E-state index contributed by atoms with van der Waals surface area (Å²) in [6.07, 6.45) is 7.23. The van der Waals surface area contributed by atoms with Crippen molar-refractivity contribution in [2.75, 3.05) is 13.7 Å². The fourth-order valence-corrected chi connectivity index (χ4v) is 2.91. The van der Waals surface area contributed by atoms with Gasteiger partial charge in [0.1, 0.15) is 5.82 Å². The molecule has 0 aliphatic heterocycles. The number of benzene rings is 1. The van der Waals surface area contributed by atoms with E-state index in [9.17, 15) is 4.79 Å². The van der Waals surface area contributed by atoms with Gasteiger partial charge in [0.25, 0.3) is 5.91 Å². The van der Waals surface area contributed by atoms with E-state index in [4.69, 9.17) is 4.74 Å². The van der Waals surface area contributed by atoms with E-state index in [1.807, 2.05) is 35.0 Å². The second-order valence-corrected chi connectivity index (χ2v) is 6.59. The van der Waals surface area contributed by atoms with E-state index in [1.54, 1.807) is 25.8 Å². The van der Waals surface area contributed by atoms with Gasteiger partial charge >= 0.3 is 0 Å². The lowest BCUT2D eigenvalue weighted by Gasteiger charge is -2.12. The van der Waals surface area contributed by atoms with Crippen LogP contribution in [0.25, 0.3) is 11.4 Å². The summed E-state index contributed by atoms with van der Waals surface area (Å²) in [5.41, 5.74) is 2.46. The molecule has 2 aromatic heterocycles. The highest BCUT2D eigenvalue weighted by molar-refractivity contribution is 5.95. The van der Waals surface area contributed by atoms with E-state index < -0.39 is 0 Å². The van der Waals surface area contributed by atoms with Gasteiger partial charge in [0.2, 0.25) is 0 Å². The summed E-state index contributed by atoms with van der Waals surface area (Å²) >= 11 is 0. The molecule has 1 N–H and O–H groups in total. The van der Waals surface area contributed by atoms with E-state index in [0.717, 1.165) is 17.1 Å². The Kier molecular flexibility index (Phi) is 6.03. The van der Waals surface area contributed by atoms with Crippen LogP contribution in [-0.4, -0.2) is 38.7 Å². The molecule has 0 spiro atoms. The molecule has 1 aromatic carbocycles. The largest absolute Gasteiger partial charge is 0.383 e. The maximum Gasteiger partial charge on any atom is 0.251 e. The van der Waals surface area contributed by atoms with Crippen molar-refractivity contribution in [3.05, 3.63) is 60.4 Å². The Morgan fingerprint density at radius 2 is 2.19 bits per heavy atom. The number of carbonyl (C=O) groups is 1. The number of ether oxygens (including phenoxy) is 1. The molecule has 0 radical (unpaired) electrons. The number of nitrogens with zero attached hydrogens (tertiary/aromatic N) is 4. The van der Waals surface area contributed by atoms with Crippen LogP contribution in [0.3, 0.4) is 0 Å². The monoisotopic (exact) mass is 367 g/mol. The molecule has 0 aliphatic rings. The minimum Gasteiger partial charge on any atom is -0.383 e. The van der Waals surface area contributed by atoms with Crippen molar-refractivity contribution in [3.63, 3.8) is 0 Å². The standard InChI is InChI=1S/C20H25N5O2/c1-15(2)25-8-7-22-19(25)16-5-4-6-17(11-16)20(26)23-13-18-12-21-14-24(18)9-10-27-3/h4-8,11-12,14-15H,9-10,13H2,1-3H3,(H,23,26). The molecule has 2 heterocycles. The summed E-state index contributed by atoms with van der Waals surface area (Å²) in [5, 5.41) is 2.96. The second-order valence-electron chi connectivity index (χ2n) is 6.59.